The molecule has 20 heavy (non-hydrogen) atoms. The summed E-state index contributed by atoms with van der Waals surface area (Å²) in [6.45, 7) is 5.05. The van der Waals surface area contributed by atoms with E-state index in [-0.39, 0.29) is 11.4 Å². The first-order valence-corrected chi connectivity index (χ1v) is 8.18. The van der Waals surface area contributed by atoms with E-state index in [4.69, 9.17) is 5.73 Å². The van der Waals surface area contributed by atoms with Crippen molar-refractivity contribution in [3.8, 4) is 0 Å². The van der Waals surface area contributed by atoms with Crippen molar-refractivity contribution < 1.29 is 4.79 Å². The van der Waals surface area contributed by atoms with E-state index in [2.05, 4.69) is 29.5 Å². The van der Waals surface area contributed by atoms with Gasteiger partial charge in [-0.05, 0) is 26.2 Å². The Kier molecular flexibility index (Phi) is 4.86. The molecule has 1 aromatic heterocycles. The molecular weight excluding hydrogens is 272 g/mol. The molecule has 1 amide bonds. The van der Waals surface area contributed by atoms with Crippen molar-refractivity contribution in [1.29, 1.82) is 0 Å². The van der Waals surface area contributed by atoms with E-state index in [1.54, 1.807) is 0 Å². The van der Waals surface area contributed by atoms with E-state index in [0.717, 1.165) is 30.9 Å². The topological polar surface area (TPSA) is 80.0 Å². The second kappa shape index (κ2) is 6.43. The van der Waals surface area contributed by atoms with Gasteiger partial charge in [0.1, 0.15) is 10.7 Å². The van der Waals surface area contributed by atoms with E-state index in [0.29, 0.717) is 10.7 Å². The van der Waals surface area contributed by atoms with Gasteiger partial charge >= 0.3 is 0 Å². The molecule has 2 rings (SSSR count). The Morgan fingerprint density at radius 1 is 1.40 bits per heavy atom. The molecule has 1 heterocycles. The predicted octanol–water partition coefficient (Wildman–Crippen LogP) is 3.00. The highest BCUT2D eigenvalue weighted by molar-refractivity contribution is 7.18. The van der Waals surface area contributed by atoms with Gasteiger partial charge in [0.05, 0.1) is 0 Å². The van der Waals surface area contributed by atoms with Crippen LogP contribution in [-0.4, -0.2) is 23.0 Å². The van der Waals surface area contributed by atoms with Crippen LogP contribution in [0, 0.1) is 0 Å². The van der Waals surface area contributed by atoms with Crippen molar-refractivity contribution in [2.24, 2.45) is 0 Å². The minimum Gasteiger partial charge on any atom is -0.382 e. The lowest BCUT2D eigenvalue weighted by Gasteiger charge is -2.34. The van der Waals surface area contributed by atoms with Gasteiger partial charge in [0, 0.05) is 12.1 Å². The number of aromatic nitrogens is 1. The molecule has 0 radical (unpaired) electrons. The number of carbonyl (C=O) groups excluding carboxylic acids is 1. The van der Waals surface area contributed by atoms with Gasteiger partial charge in [-0.25, -0.2) is 4.98 Å². The second-order valence-corrected chi connectivity index (χ2v) is 6.73. The molecule has 1 aromatic rings. The van der Waals surface area contributed by atoms with Gasteiger partial charge < -0.3 is 16.4 Å². The maximum atomic E-state index is 12.4. The summed E-state index contributed by atoms with van der Waals surface area (Å²) in [5.74, 6) is 0.236. The number of thiazole rings is 1. The summed E-state index contributed by atoms with van der Waals surface area (Å²) in [7, 11) is 0. The molecule has 5 nitrogen and oxygen atoms in total. The van der Waals surface area contributed by atoms with E-state index < -0.39 is 0 Å². The lowest BCUT2D eigenvalue weighted by atomic mass is 9.83. The first-order chi connectivity index (χ1) is 9.54. The van der Waals surface area contributed by atoms with Crippen molar-refractivity contribution in [1.82, 2.24) is 10.3 Å². The lowest BCUT2D eigenvalue weighted by Crippen LogP contribution is -2.47. The summed E-state index contributed by atoms with van der Waals surface area (Å²) >= 11 is 1.34. The number of nitrogens with zero attached hydrogens (tertiary/aromatic N) is 1. The third-order valence-corrected chi connectivity index (χ3v) is 4.79. The molecular formula is C14H24N4OS. The van der Waals surface area contributed by atoms with Crippen molar-refractivity contribution in [3.63, 3.8) is 0 Å². The number of nitrogens with two attached hydrogens (primary N) is 1. The molecule has 1 aliphatic carbocycles. The molecule has 1 fully saturated rings. The van der Waals surface area contributed by atoms with Gasteiger partial charge in [0.2, 0.25) is 0 Å². The molecule has 0 unspecified atom stereocenters. The fourth-order valence-electron chi connectivity index (χ4n) is 2.59. The number of amides is 1. The fourth-order valence-corrected chi connectivity index (χ4v) is 3.40. The van der Waals surface area contributed by atoms with Crippen LogP contribution in [0.15, 0.2) is 0 Å². The van der Waals surface area contributed by atoms with Gasteiger partial charge in [0.25, 0.3) is 5.91 Å². The molecule has 0 spiro atoms. The normalized spacial score (nSPS) is 17.7. The molecule has 0 saturated heterocycles. The molecule has 0 aliphatic heterocycles. The van der Waals surface area contributed by atoms with E-state index >= 15 is 0 Å². The van der Waals surface area contributed by atoms with Crippen molar-refractivity contribution in [2.75, 3.05) is 17.6 Å². The largest absolute Gasteiger partial charge is 0.382 e. The number of hydrogen-bond donors (Lipinski definition) is 3. The molecule has 4 N–H and O–H groups in total. The Bertz CT molecular complexity index is 466. The van der Waals surface area contributed by atoms with Crippen LogP contribution in [0.5, 0.6) is 0 Å². The summed E-state index contributed by atoms with van der Waals surface area (Å²) in [6.07, 6.45) is 6.71. The highest BCUT2D eigenvalue weighted by Gasteiger charge is 2.30. The molecule has 0 atom stereocenters. The third kappa shape index (κ3) is 3.62. The van der Waals surface area contributed by atoms with Gasteiger partial charge in [-0.3, -0.25) is 4.79 Å². The van der Waals surface area contributed by atoms with E-state index in [9.17, 15) is 4.79 Å². The smallest absolute Gasteiger partial charge is 0.265 e. The van der Waals surface area contributed by atoms with Gasteiger partial charge in [-0.15, -0.1) is 0 Å². The molecule has 1 aliphatic rings. The highest BCUT2D eigenvalue weighted by Crippen LogP contribution is 2.30. The number of nitrogens with one attached hydrogen (secondary N) is 2. The zero-order valence-electron chi connectivity index (χ0n) is 12.3. The molecule has 1 saturated carbocycles. The zero-order chi connectivity index (χ0) is 14.6. The quantitative estimate of drug-likeness (QED) is 0.780. The summed E-state index contributed by atoms with van der Waals surface area (Å²) in [4.78, 5) is 17.1. The minimum absolute atomic E-state index is 0.0889. The maximum absolute atomic E-state index is 12.4. The van der Waals surface area contributed by atoms with Crippen LogP contribution >= 0.6 is 11.3 Å². The van der Waals surface area contributed by atoms with Gasteiger partial charge in [-0.2, -0.15) is 0 Å². The van der Waals surface area contributed by atoms with Gasteiger partial charge in [0.15, 0.2) is 5.13 Å². The molecule has 0 aromatic carbocycles. The first kappa shape index (κ1) is 15.1. The third-order valence-electron chi connectivity index (χ3n) is 3.76. The first-order valence-electron chi connectivity index (χ1n) is 7.37. The number of rotatable bonds is 5. The molecule has 0 bridgehead atoms. The number of carbonyl (C=O) groups is 1. The fraction of sp³-hybridized carbons (Fsp3) is 0.714. The van der Waals surface area contributed by atoms with Crippen LogP contribution in [0.4, 0.5) is 10.9 Å². The SMILES string of the molecule is CCCNc1nc(N)c(C(=O)NC2(C)CCCCC2)s1. The van der Waals surface area contributed by atoms with Crippen molar-refractivity contribution >= 4 is 28.2 Å². The van der Waals surface area contributed by atoms with Crippen LogP contribution < -0.4 is 16.4 Å². The Balaban J connectivity index is 2.03. The standard InChI is InChI=1S/C14H24N4OS/c1-3-9-16-13-17-11(15)10(20-13)12(19)18-14(2)7-5-4-6-8-14/h3-9,15H2,1-2H3,(H,16,17)(H,18,19). The van der Waals surface area contributed by atoms with Crippen LogP contribution in [0.25, 0.3) is 0 Å². The zero-order valence-corrected chi connectivity index (χ0v) is 13.1. The Morgan fingerprint density at radius 3 is 2.75 bits per heavy atom. The summed E-state index contributed by atoms with van der Waals surface area (Å²) in [5.41, 5.74) is 5.77. The van der Waals surface area contributed by atoms with Crippen LogP contribution in [0.2, 0.25) is 0 Å². The monoisotopic (exact) mass is 296 g/mol. The highest BCUT2D eigenvalue weighted by atomic mass is 32.1. The Labute approximate surface area is 124 Å². The summed E-state index contributed by atoms with van der Waals surface area (Å²) in [6, 6.07) is 0. The average molecular weight is 296 g/mol. The Hall–Kier alpha value is -1.30. The van der Waals surface area contributed by atoms with Crippen LogP contribution in [0.1, 0.15) is 62.0 Å². The van der Waals surface area contributed by atoms with E-state index in [1.807, 2.05) is 0 Å². The molecule has 112 valence electrons. The average Bonchev–Trinajstić information content (AvgIpc) is 2.78. The minimum atomic E-state index is -0.0945. The van der Waals surface area contributed by atoms with Crippen molar-refractivity contribution in [2.45, 2.75) is 57.9 Å². The second-order valence-electron chi connectivity index (χ2n) is 5.74. The summed E-state index contributed by atoms with van der Waals surface area (Å²) < 4.78 is 0. The maximum Gasteiger partial charge on any atom is 0.265 e. The van der Waals surface area contributed by atoms with Crippen LogP contribution in [0.3, 0.4) is 0 Å². The lowest BCUT2D eigenvalue weighted by molar-refractivity contribution is 0.0887. The number of hydrogen-bond acceptors (Lipinski definition) is 5. The number of anilines is 2. The summed E-state index contributed by atoms with van der Waals surface area (Å²) in [5, 5.41) is 7.04. The van der Waals surface area contributed by atoms with E-state index in [1.165, 1.54) is 30.6 Å². The predicted molar refractivity (Wildman–Crippen MR) is 84.3 cm³/mol. The number of nitrogen functional groups attached to an aromatic ring is 1. The van der Waals surface area contributed by atoms with Crippen LogP contribution in [-0.2, 0) is 0 Å². The van der Waals surface area contributed by atoms with Gasteiger partial charge in [-0.1, -0.05) is 37.5 Å². The Morgan fingerprint density at radius 2 is 2.10 bits per heavy atom. The molecule has 6 heteroatoms. The van der Waals surface area contributed by atoms with Crippen molar-refractivity contribution in [3.05, 3.63) is 4.88 Å².